The van der Waals surface area contributed by atoms with Crippen molar-refractivity contribution in [3.8, 4) is 0 Å². The van der Waals surface area contributed by atoms with Crippen LogP contribution in [-0.4, -0.2) is 68.8 Å². The minimum Gasteiger partial charge on any atom is -0.382 e. The van der Waals surface area contributed by atoms with Gasteiger partial charge in [0.1, 0.15) is 10.7 Å². The van der Waals surface area contributed by atoms with E-state index in [1.54, 1.807) is 0 Å². The Morgan fingerprint density at radius 1 is 1.43 bits per heavy atom. The minimum absolute atomic E-state index is 0.176. The summed E-state index contributed by atoms with van der Waals surface area (Å²) >= 11 is 1.36. The number of nitrogens with zero attached hydrogens (tertiary/aromatic N) is 3. The standard InChI is InChI=1S/C13H23N5O2S/c1-3-20-9-4-15-12(19)10-11(14)16-13(21-10)18-7-5-17(2)6-8-18/h3-9,14H2,1-2H3,(H,15,19). The maximum atomic E-state index is 12.1. The molecule has 0 atom stereocenters. The predicted molar refractivity (Wildman–Crippen MR) is 85.1 cm³/mol. The number of nitrogen functional groups attached to an aromatic ring is 1. The van der Waals surface area contributed by atoms with Gasteiger partial charge in [-0.1, -0.05) is 11.3 Å². The number of nitrogens with two attached hydrogens (primary N) is 1. The second-order valence-electron chi connectivity index (χ2n) is 4.95. The molecule has 8 heteroatoms. The van der Waals surface area contributed by atoms with E-state index in [1.807, 2.05) is 6.92 Å². The number of carbonyl (C=O) groups is 1. The fourth-order valence-electron chi connectivity index (χ4n) is 2.08. The summed E-state index contributed by atoms with van der Waals surface area (Å²) in [7, 11) is 2.10. The molecule has 7 nitrogen and oxygen atoms in total. The maximum absolute atomic E-state index is 12.1. The third-order valence-corrected chi connectivity index (χ3v) is 4.49. The van der Waals surface area contributed by atoms with Crippen LogP contribution in [0.25, 0.3) is 0 Å². The second kappa shape index (κ2) is 7.58. The molecule has 1 aromatic heterocycles. The number of carbonyl (C=O) groups excluding carboxylic acids is 1. The number of hydrogen-bond donors (Lipinski definition) is 2. The van der Waals surface area contributed by atoms with Crippen molar-refractivity contribution in [2.75, 3.05) is 63.6 Å². The van der Waals surface area contributed by atoms with Crippen molar-refractivity contribution in [1.29, 1.82) is 0 Å². The summed E-state index contributed by atoms with van der Waals surface area (Å²) < 4.78 is 5.19. The average molecular weight is 313 g/mol. The average Bonchev–Trinajstić information content (AvgIpc) is 2.86. The van der Waals surface area contributed by atoms with Gasteiger partial charge in [-0.2, -0.15) is 0 Å². The quantitative estimate of drug-likeness (QED) is 0.732. The van der Waals surface area contributed by atoms with Gasteiger partial charge in [0.2, 0.25) is 0 Å². The van der Waals surface area contributed by atoms with Gasteiger partial charge in [0.15, 0.2) is 5.13 Å². The van der Waals surface area contributed by atoms with Crippen molar-refractivity contribution in [3.63, 3.8) is 0 Å². The van der Waals surface area contributed by atoms with Crippen LogP contribution in [0.2, 0.25) is 0 Å². The van der Waals surface area contributed by atoms with Crippen molar-refractivity contribution in [1.82, 2.24) is 15.2 Å². The number of amides is 1. The Bertz CT molecular complexity index is 471. The van der Waals surface area contributed by atoms with Crippen molar-refractivity contribution in [2.24, 2.45) is 0 Å². The summed E-state index contributed by atoms with van der Waals surface area (Å²) in [6.45, 7) is 7.37. The van der Waals surface area contributed by atoms with Crippen LogP contribution >= 0.6 is 11.3 Å². The molecule has 2 heterocycles. The SMILES string of the molecule is CCOCCNC(=O)c1sc(N2CCN(C)CC2)nc1N. The van der Waals surface area contributed by atoms with E-state index >= 15 is 0 Å². The topological polar surface area (TPSA) is 83.7 Å². The summed E-state index contributed by atoms with van der Waals surface area (Å²) in [5, 5.41) is 3.63. The van der Waals surface area contributed by atoms with Crippen molar-refractivity contribution in [3.05, 3.63) is 4.88 Å². The van der Waals surface area contributed by atoms with Gasteiger partial charge in [-0.3, -0.25) is 4.79 Å². The summed E-state index contributed by atoms with van der Waals surface area (Å²) in [5.41, 5.74) is 5.88. The van der Waals surface area contributed by atoms with E-state index in [9.17, 15) is 4.79 Å². The molecule has 0 saturated carbocycles. The Labute approximate surface area is 129 Å². The lowest BCUT2D eigenvalue weighted by Crippen LogP contribution is -2.44. The number of aromatic nitrogens is 1. The van der Waals surface area contributed by atoms with Gasteiger partial charge in [0, 0.05) is 39.3 Å². The zero-order valence-electron chi connectivity index (χ0n) is 12.6. The Morgan fingerprint density at radius 2 is 2.14 bits per heavy atom. The molecule has 21 heavy (non-hydrogen) atoms. The van der Waals surface area contributed by atoms with E-state index in [0.717, 1.165) is 31.3 Å². The van der Waals surface area contributed by atoms with Crippen LogP contribution in [0, 0.1) is 0 Å². The van der Waals surface area contributed by atoms with Crippen LogP contribution in [0.1, 0.15) is 16.6 Å². The van der Waals surface area contributed by atoms with Crippen LogP contribution in [0.15, 0.2) is 0 Å². The Morgan fingerprint density at radius 3 is 2.81 bits per heavy atom. The summed E-state index contributed by atoms with van der Waals surface area (Å²) in [6, 6.07) is 0. The van der Waals surface area contributed by atoms with Crippen LogP contribution < -0.4 is 16.0 Å². The van der Waals surface area contributed by atoms with E-state index in [0.29, 0.717) is 30.5 Å². The molecular formula is C13H23N5O2S. The molecule has 1 aliphatic rings. The van der Waals surface area contributed by atoms with E-state index in [2.05, 4.69) is 27.1 Å². The molecule has 0 aliphatic carbocycles. The first-order chi connectivity index (χ1) is 10.1. The molecule has 1 aliphatic heterocycles. The van der Waals surface area contributed by atoms with Gasteiger partial charge in [-0.05, 0) is 14.0 Å². The number of rotatable bonds is 6. The fraction of sp³-hybridized carbons (Fsp3) is 0.692. The molecule has 0 spiro atoms. The van der Waals surface area contributed by atoms with Crippen LogP contribution in [0.5, 0.6) is 0 Å². The van der Waals surface area contributed by atoms with Crippen molar-refractivity contribution >= 4 is 28.2 Å². The van der Waals surface area contributed by atoms with Gasteiger partial charge in [0.25, 0.3) is 5.91 Å². The number of thiazole rings is 1. The first kappa shape index (κ1) is 16.0. The number of anilines is 2. The van der Waals surface area contributed by atoms with E-state index in [1.165, 1.54) is 11.3 Å². The molecule has 1 aromatic rings. The Balaban J connectivity index is 1.93. The highest BCUT2D eigenvalue weighted by atomic mass is 32.1. The number of nitrogens with one attached hydrogen (secondary N) is 1. The van der Waals surface area contributed by atoms with E-state index in [4.69, 9.17) is 10.5 Å². The molecule has 1 fully saturated rings. The largest absolute Gasteiger partial charge is 0.382 e. The summed E-state index contributed by atoms with van der Waals surface area (Å²) in [4.78, 5) is 21.3. The normalized spacial score (nSPS) is 16.2. The first-order valence-corrected chi connectivity index (χ1v) is 7.99. The maximum Gasteiger partial charge on any atom is 0.265 e. The number of likely N-dealkylation sites (N-methyl/N-ethyl adjacent to an activating group) is 1. The van der Waals surface area contributed by atoms with Crippen LogP contribution in [0.4, 0.5) is 10.9 Å². The molecule has 0 unspecified atom stereocenters. The zero-order valence-corrected chi connectivity index (χ0v) is 13.4. The Kier molecular flexibility index (Phi) is 5.77. The lowest BCUT2D eigenvalue weighted by Gasteiger charge is -2.31. The fourth-order valence-corrected chi connectivity index (χ4v) is 3.03. The molecule has 2 rings (SSSR count). The van der Waals surface area contributed by atoms with E-state index < -0.39 is 0 Å². The van der Waals surface area contributed by atoms with E-state index in [-0.39, 0.29) is 5.91 Å². The number of ether oxygens (including phenoxy) is 1. The third-order valence-electron chi connectivity index (χ3n) is 3.36. The molecule has 0 bridgehead atoms. The number of hydrogen-bond acceptors (Lipinski definition) is 7. The first-order valence-electron chi connectivity index (χ1n) is 7.17. The smallest absolute Gasteiger partial charge is 0.265 e. The molecular weight excluding hydrogens is 290 g/mol. The molecule has 0 radical (unpaired) electrons. The molecule has 3 N–H and O–H groups in total. The van der Waals surface area contributed by atoms with Crippen molar-refractivity contribution in [2.45, 2.75) is 6.92 Å². The van der Waals surface area contributed by atoms with Gasteiger partial charge >= 0.3 is 0 Å². The van der Waals surface area contributed by atoms with Gasteiger partial charge in [-0.15, -0.1) is 0 Å². The molecule has 1 saturated heterocycles. The number of piperazine rings is 1. The predicted octanol–water partition coefficient (Wildman–Crippen LogP) is 0.243. The van der Waals surface area contributed by atoms with Crippen molar-refractivity contribution < 1.29 is 9.53 Å². The van der Waals surface area contributed by atoms with Gasteiger partial charge < -0.3 is 25.6 Å². The zero-order chi connectivity index (χ0) is 15.2. The molecule has 0 aromatic carbocycles. The highest BCUT2D eigenvalue weighted by molar-refractivity contribution is 7.18. The second-order valence-corrected chi connectivity index (χ2v) is 5.93. The van der Waals surface area contributed by atoms with Crippen LogP contribution in [-0.2, 0) is 4.74 Å². The van der Waals surface area contributed by atoms with Gasteiger partial charge in [0.05, 0.1) is 6.61 Å². The molecule has 118 valence electrons. The minimum atomic E-state index is -0.176. The van der Waals surface area contributed by atoms with Gasteiger partial charge in [-0.25, -0.2) is 4.98 Å². The monoisotopic (exact) mass is 313 g/mol. The summed E-state index contributed by atoms with van der Waals surface area (Å²) in [5.74, 6) is 0.132. The highest BCUT2D eigenvalue weighted by Crippen LogP contribution is 2.28. The summed E-state index contributed by atoms with van der Waals surface area (Å²) in [6.07, 6.45) is 0. The highest BCUT2D eigenvalue weighted by Gasteiger charge is 2.21. The lowest BCUT2D eigenvalue weighted by molar-refractivity contribution is 0.0927. The molecule has 1 amide bonds. The third kappa shape index (κ3) is 4.29. The lowest BCUT2D eigenvalue weighted by atomic mass is 10.3. The Hall–Kier alpha value is -1.38. The van der Waals surface area contributed by atoms with Crippen LogP contribution in [0.3, 0.4) is 0 Å².